The van der Waals surface area contributed by atoms with Gasteiger partial charge in [-0.15, -0.1) is 0 Å². The highest BCUT2D eigenvalue weighted by molar-refractivity contribution is 5.81. The van der Waals surface area contributed by atoms with Gasteiger partial charge < -0.3 is 15.4 Å². The first-order valence-electron chi connectivity index (χ1n) is 6.75. The standard InChI is InChI=1S/C13H22N4O2/c1-3-12(14)13(18)16-4-5-19-11(8-16)9-17-7-10(2)6-15-17/h6-7,11-12H,3-5,8-9,14H2,1-2H3/t11?,12-/m0/s1. The molecule has 0 aliphatic carbocycles. The Morgan fingerprint density at radius 1 is 1.68 bits per heavy atom. The van der Waals surface area contributed by atoms with Gasteiger partial charge in [-0.1, -0.05) is 6.92 Å². The second-order valence-corrected chi connectivity index (χ2v) is 5.03. The van der Waals surface area contributed by atoms with Crippen molar-refractivity contribution >= 4 is 5.91 Å². The van der Waals surface area contributed by atoms with Gasteiger partial charge in [-0.05, 0) is 18.9 Å². The van der Waals surface area contributed by atoms with Crippen LogP contribution in [0, 0.1) is 6.92 Å². The number of nitrogens with two attached hydrogens (primary N) is 1. The molecular formula is C13H22N4O2. The molecule has 19 heavy (non-hydrogen) atoms. The SMILES string of the molecule is CC[C@H](N)C(=O)N1CCOC(Cn2cc(C)cn2)C1. The van der Waals surface area contributed by atoms with Crippen molar-refractivity contribution in [2.75, 3.05) is 19.7 Å². The maximum Gasteiger partial charge on any atom is 0.239 e. The molecule has 106 valence electrons. The van der Waals surface area contributed by atoms with E-state index in [0.717, 1.165) is 5.56 Å². The summed E-state index contributed by atoms with van der Waals surface area (Å²) in [6.07, 6.45) is 4.45. The van der Waals surface area contributed by atoms with Crippen molar-refractivity contribution in [3.8, 4) is 0 Å². The average Bonchev–Trinajstić information content (AvgIpc) is 2.82. The van der Waals surface area contributed by atoms with Crippen LogP contribution in [-0.2, 0) is 16.1 Å². The Kier molecular flexibility index (Phi) is 4.55. The molecule has 2 atom stereocenters. The summed E-state index contributed by atoms with van der Waals surface area (Å²) in [5.74, 6) is 0.0208. The molecule has 0 aromatic carbocycles. The van der Waals surface area contributed by atoms with E-state index in [4.69, 9.17) is 10.5 Å². The summed E-state index contributed by atoms with van der Waals surface area (Å²) < 4.78 is 7.54. The van der Waals surface area contributed by atoms with Crippen LogP contribution in [0.25, 0.3) is 0 Å². The van der Waals surface area contributed by atoms with Crippen molar-refractivity contribution in [1.29, 1.82) is 0 Å². The molecule has 0 bridgehead atoms. The van der Waals surface area contributed by atoms with Gasteiger partial charge in [0, 0.05) is 19.3 Å². The van der Waals surface area contributed by atoms with Crippen molar-refractivity contribution in [2.45, 2.75) is 39.0 Å². The summed E-state index contributed by atoms with van der Waals surface area (Å²) in [6, 6.07) is -0.398. The lowest BCUT2D eigenvalue weighted by Gasteiger charge is -2.34. The fourth-order valence-corrected chi connectivity index (χ4v) is 2.21. The number of hydrogen-bond donors (Lipinski definition) is 1. The molecule has 0 saturated carbocycles. The van der Waals surface area contributed by atoms with Crippen LogP contribution in [0.3, 0.4) is 0 Å². The molecule has 6 heteroatoms. The molecular weight excluding hydrogens is 244 g/mol. The van der Waals surface area contributed by atoms with E-state index in [9.17, 15) is 4.79 Å². The van der Waals surface area contributed by atoms with Crippen LogP contribution < -0.4 is 5.73 Å². The minimum atomic E-state index is -0.398. The van der Waals surface area contributed by atoms with Crippen LogP contribution in [0.1, 0.15) is 18.9 Å². The number of carbonyl (C=O) groups is 1. The van der Waals surface area contributed by atoms with Crippen LogP contribution in [0.5, 0.6) is 0 Å². The van der Waals surface area contributed by atoms with Gasteiger partial charge in [0.25, 0.3) is 0 Å². The Bertz CT molecular complexity index is 432. The van der Waals surface area contributed by atoms with Gasteiger partial charge in [0.15, 0.2) is 0 Å². The zero-order valence-corrected chi connectivity index (χ0v) is 11.6. The van der Waals surface area contributed by atoms with Gasteiger partial charge >= 0.3 is 0 Å². The van der Waals surface area contributed by atoms with Crippen molar-refractivity contribution < 1.29 is 9.53 Å². The van der Waals surface area contributed by atoms with Gasteiger partial charge in [0.1, 0.15) is 0 Å². The van der Waals surface area contributed by atoms with E-state index in [2.05, 4.69) is 5.10 Å². The van der Waals surface area contributed by atoms with Gasteiger partial charge in [-0.3, -0.25) is 9.48 Å². The van der Waals surface area contributed by atoms with E-state index in [1.165, 1.54) is 0 Å². The highest BCUT2D eigenvalue weighted by Crippen LogP contribution is 2.10. The lowest BCUT2D eigenvalue weighted by atomic mass is 10.2. The number of carbonyl (C=O) groups excluding carboxylic acids is 1. The Labute approximate surface area is 113 Å². The fourth-order valence-electron chi connectivity index (χ4n) is 2.21. The van der Waals surface area contributed by atoms with E-state index in [0.29, 0.717) is 32.7 Å². The summed E-state index contributed by atoms with van der Waals surface area (Å²) in [6.45, 7) is 6.37. The topological polar surface area (TPSA) is 73.4 Å². The van der Waals surface area contributed by atoms with Crippen molar-refractivity contribution in [2.24, 2.45) is 5.73 Å². The van der Waals surface area contributed by atoms with Crippen molar-refractivity contribution in [3.05, 3.63) is 18.0 Å². The number of nitrogens with zero attached hydrogens (tertiary/aromatic N) is 3. The number of amides is 1. The van der Waals surface area contributed by atoms with E-state index in [-0.39, 0.29) is 12.0 Å². The number of ether oxygens (including phenoxy) is 1. The largest absolute Gasteiger partial charge is 0.373 e. The van der Waals surface area contributed by atoms with Crippen LogP contribution in [0.15, 0.2) is 12.4 Å². The second kappa shape index (κ2) is 6.16. The second-order valence-electron chi connectivity index (χ2n) is 5.03. The van der Waals surface area contributed by atoms with Crippen molar-refractivity contribution in [1.82, 2.24) is 14.7 Å². The summed E-state index contributed by atoms with van der Waals surface area (Å²) in [7, 11) is 0. The minimum absolute atomic E-state index is 0.0129. The van der Waals surface area contributed by atoms with E-state index in [1.807, 2.05) is 30.9 Å². The van der Waals surface area contributed by atoms with E-state index in [1.54, 1.807) is 4.90 Å². The fraction of sp³-hybridized carbons (Fsp3) is 0.692. The molecule has 1 unspecified atom stereocenters. The predicted octanol–water partition coefficient (Wildman–Crippen LogP) is 0.156. The molecule has 0 radical (unpaired) electrons. The average molecular weight is 266 g/mol. The molecule has 1 aliphatic heterocycles. The maximum atomic E-state index is 12.1. The van der Waals surface area contributed by atoms with Gasteiger partial charge in [-0.25, -0.2) is 0 Å². The highest BCUT2D eigenvalue weighted by atomic mass is 16.5. The van der Waals surface area contributed by atoms with Gasteiger partial charge in [0.05, 0.1) is 31.5 Å². The summed E-state index contributed by atoms with van der Waals surface area (Å²) in [4.78, 5) is 13.9. The lowest BCUT2D eigenvalue weighted by Crippen LogP contribution is -2.52. The third-order valence-corrected chi connectivity index (χ3v) is 3.36. The van der Waals surface area contributed by atoms with Crippen molar-refractivity contribution in [3.63, 3.8) is 0 Å². The molecule has 1 aliphatic rings. The quantitative estimate of drug-likeness (QED) is 0.842. The molecule has 2 heterocycles. The normalized spacial score (nSPS) is 21.4. The summed E-state index contributed by atoms with van der Waals surface area (Å²) in [5, 5.41) is 4.24. The third kappa shape index (κ3) is 3.54. The number of hydrogen-bond acceptors (Lipinski definition) is 4. The maximum absolute atomic E-state index is 12.1. The molecule has 1 saturated heterocycles. The Morgan fingerprint density at radius 2 is 2.47 bits per heavy atom. The zero-order chi connectivity index (χ0) is 13.8. The van der Waals surface area contributed by atoms with E-state index >= 15 is 0 Å². The Balaban J connectivity index is 1.91. The molecule has 1 amide bonds. The van der Waals surface area contributed by atoms with Crippen LogP contribution >= 0.6 is 0 Å². The third-order valence-electron chi connectivity index (χ3n) is 3.36. The van der Waals surface area contributed by atoms with E-state index < -0.39 is 6.04 Å². The monoisotopic (exact) mass is 266 g/mol. The van der Waals surface area contributed by atoms with Crippen LogP contribution in [-0.4, -0.2) is 52.4 Å². The first kappa shape index (κ1) is 14.0. The molecule has 2 N–H and O–H groups in total. The van der Waals surface area contributed by atoms with Gasteiger partial charge in [-0.2, -0.15) is 5.10 Å². The van der Waals surface area contributed by atoms with Gasteiger partial charge in [0.2, 0.25) is 5.91 Å². The first-order valence-corrected chi connectivity index (χ1v) is 6.75. The number of aromatic nitrogens is 2. The summed E-state index contributed by atoms with van der Waals surface area (Å²) in [5.41, 5.74) is 6.92. The Morgan fingerprint density at radius 3 is 3.11 bits per heavy atom. The predicted molar refractivity (Wildman–Crippen MR) is 71.6 cm³/mol. The smallest absolute Gasteiger partial charge is 0.239 e. The summed E-state index contributed by atoms with van der Waals surface area (Å²) >= 11 is 0. The van der Waals surface area contributed by atoms with Crippen LogP contribution in [0.4, 0.5) is 0 Å². The molecule has 1 aromatic heterocycles. The number of aryl methyl sites for hydroxylation is 1. The Hall–Kier alpha value is -1.40. The highest BCUT2D eigenvalue weighted by Gasteiger charge is 2.27. The van der Waals surface area contributed by atoms with Crippen LogP contribution in [0.2, 0.25) is 0 Å². The molecule has 2 rings (SSSR count). The molecule has 6 nitrogen and oxygen atoms in total. The number of rotatable bonds is 4. The molecule has 0 spiro atoms. The number of morpholine rings is 1. The lowest BCUT2D eigenvalue weighted by molar-refractivity contribution is -0.140. The molecule has 1 fully saturated rings. The molecule has 1 aromatic rings. The minimum Gasteiger partial charge on any atom is -0.373 e. The first-order chi connectivity index (χ1) is 9.10. The zero-order valence-electron chi connectivity index (χ0n) is 11.6.